The molecular weight excluding hydrogens is 206 g/mol. The van der Waals surface area contributed by atoms with Gasteiger partial charge in [0.25, 0.3) is 0 Å². The van der Waals surface area contributed by atoms with Gasteiger partial charge in [0, 0.05) is 11.7 Å². The molecule has 2 N–H and O–H groups in total. The number of aromatic amines is 1. The van der Waals surface area contributed by atoms with Gasteiger partial charge in [0.2, 0.25) is 0 Å². The summed E-state index contributed by atoms with van der Waals surface area (Å²) in [5, 5.41) is 10.8. The molecule has 4 nitrogen and oxygen atoms in total. The third-order valence-corrected chi connectivity index (χ3v) is 2.55. The molecule has 84 valence electrons. The van der Waals surface area contributed by atoms with Crippen LogP contribution in [0, 0.1) is 0 Å². The highest BCUT2D eigenvalue weighted by Gasteiger charge is 2.13. The standard InChI is InChI=1S/C12H13NO3/c1-16-12(15)7-11(14)9-2-3-10-8(6-9)4-5-13-10/h2-6,11,13-14H,7H2,1H3/t11-/m1/s1. The minimum Gasteiger partial charge on any atom is -0.469 e. The van der Waals surface area contributed by atoms with Crippen molar-refractivity contribution in [2.75, 3.05) is 7.11 Å². The van der Waals surface area contributed by atoms with E-state index in [1.807, 2.05) is 24.4 Å². The number of H-pyrrole nitrogens is 1. The van der Waals surface area contributed by atoms with Crippen molar-refractivity contribution in [1.29, 1.82) is 0 Å². The van der Waals surface area contributed by atoms with Crippen molar-refractivity contribution in [2.45, 2.75) is 12.5 Å². The van der Waals surface area contributed by atoms with Crippen LogP contribution in [0.25, 0.3) is 10.9 Å². The van der Waals surface area contributed by atoms with Crippen LogP contribution >= 0.6 is 0 Å². The van der Waals surface area contributed by atoms with Gasteiger partial charge in [0.15, 0.2) is 0 Å². The molecule has 0 bridgehead atoms. The summed E-state index contributed by atoms with van der Waals surface area (Å²) in [6, 6.07) is 7.46. The molecule has 0 saturated carbocycles. The quantitative estimate of drug-likeness (QED) is 0.773. The number of hydrogen-bond acceptors (Lipinski definition) is 3. The molecule has 2 rings (SSSR count). The number of rotatable bonds is 3. The monoisotopic (exact) mass is 219 g/mol. The third kappa shape index (κ3) is 2.06. The summed E-state index contributed by atoms with van der Waals surface area (Å²) in [4.78, 5) is 14.1. The Morgan fingerprint density at radius 1 is 1.50 bits per heavy atom. The van der Waals surface area contributed by atoms with Gasteiger partial charge in [-0.1, -0.05) is 6.07 Å². The van der Waals surface area contributed by atoms with Crippen molar-refractivity contribution in [3.05, 3.63) is 36.0 Å². The minimum atomic E-state index is -0.813. The topological polar surface area (TPSA) is 62.3 Å². The molecule has 0 fully saturated rings. The molecule has 0 aliphatic rings. The number of hydrogen-bond donors (Lipinski definition) is 2. The number of benzene rings is 1. The van der Waals surface area contributed by atoms with Gasteiger partial charge < -0.3 is 14.8 Å². The lowest BCUT2D eigenvalue weighted by Crippen LogP contribution is -2.07. The Morgan fingerprint density at radius 2 is 2.31 bits per heavy atom. The average Bonchev–Trinajstić information content (AvgIpc) is 2.75. The number of nitrogens with one attached hydrogen (secondary N) is 1. The zero-order valence-electron chi connectivity index (χ0n) is 8.93. The zero-order chi connectivity index (χ0) is 11.5. The highest BCUT2D eigenvalue weighted by molar-refractivity contribution is 5.80. The highest BCUT2D eigenvalue weighted by atomic mass is 16.5. The molecule has 0 saturated heterocycles. The van der Waals surface area contributed by atoms with Gasteiger partial charge in [-0.15, -0.1) is 0 Å². The molecule has 16 heavy (non-hydrogen) atoms. The van der Waals surface area contributed by atoms with Crippen LogP contribution in [0.2, 0.25) is 0 Å². The Kier molecular flexibility index (Phi) is 2.92. The van der Waals surface area contributed by atoms with Crippen molar-refractivity contribution in [2.24, 2.45) is 0 Å². The van der Waals surface area contributed by atoms with Gasteiger partial charge >= 0.3 is 5.97 Å². The van der Waals surface area contributed by atoms with E-state index in [0.29, 0.717) is 0 Å². The normalized spacial score (nSPS) is 12.6. The number of carbonyl (C=O) groups excluding carboxylic acids is 1. The van der Waals surface area contributed by atoms with E-state index < -0.39 is 12.1 Å². The van der Waals surface area contributed by atoms with E-state index in [9.17, 15) is 9.90 Å². The Hall–Kier alpha value is -1.81. The number of aliphatic hydroxyl groups excluding tert-OH is 1. The lowest BCUT2D eigenvalue weighted by Gasteiger charge is -2.09. The molecule has 0 aliphatic heterocycles. The van der Waals surface area contributed by atoms with E-state index in [1.165, 1.54) is 7.11 Å². The van der Waals surface area contributed by atoms with Crippen LogP contribution in [0.15, 0.2) is 30.5 Å². The molecule has 1 aromatic carbocycles. The van der Waals surface area contributed by atoms with Gasteiger partial charge in [0.1, 0.15) is 0 Å². The summed E-state index contributed by atoms with van der Waals surface area (Å²) >= 11 is 0. The summed E-state index contributed by atoms with van der Waals surface area (Å²) in [6.07, 6.45) is 1.000. The van der Waals surface area contributed by atoms with Crippen LogP contribution < -0.4 is 0 Å². The van der Waals surface area contributed by atoms with Crippen LogP contribution in [0.1, 0.15) is 18.1 Å². The van der Waals surface area contributed by atoms with Crippen LogP contribution in [0.3, 0.4) is 0 Å². The first-order chi connectivity index (χ1) is 7.70. The first-order valence-corrected chi connectivity index (χ1v) is 5.02. The number of aromatic nitrogens is 1. The smallest absolute Gasteiger partial charge is 0.308 e. The number of aliphatic hydroxyl groups is 1. The second-order valence-electron chi connectivity index (χ2n) is 3.62. The Balaban J connectivity index is 2.22. The average molecular weight is 219 g/mol. The molecule has 0 spiro atoms. The van der Waals surface area contributed by atoms with E-state index in [0.717, 1.165) is 16.5 Å². The summed E-state index contributed by atoms with van der Waals surface area (Å²) in [6.45, 7) is 0. The Labute approximate surface area is 92.9 Å². The predicted octanol–water partition coefficient (Wildman–Crippen LogP) is 1.76. The molecule has 0 unspecified atom stereocenters. The summed E-state index contributed by atoms with van der Waals surface area (Å²) < 4.78 is 4.51. The Bertz CT molecular complexity index is 504. The second-order valence-corrected chi connectivity index (χ2v) is 3.62. The zero-order valence-corrected chi connectivity index (χ0v) is 8.93. The van der Waals surface area contributed by atoms with Crippen molar-refractivity contribution in [1.82, 2.24) is 4.98 Å². The maximum atomic E-state index is 11.0. The first kappa shape index (κ1) is 10.7. The fourth-order valence-electron chi connectivity index (χ4n) is 1.64. The van der Waals surface area contributed by atoms with Gasteiger partial charge in [-0.25, -0.2) is 0 Å². The predicted molar refractivity (Wildman–Crippen MR) is 59.9 cm³/mol. The third-order valence-electron chi connectivity index (χ3n) is 2.55. The maximum Gasteiger partial charge on any atom is 0.308 e. The molecule has 0 amide bonds. The molecule has 1 atom stereocenters. The summed E-state index contributed by atoms with van der Waals surface area (Å²) in [5.74, 6) is -0.415. The summed E-state index contributed by atoms with van der Waals surface area (Å²) in [5.41, 5.74) is 1.73. The van der Waals surface area contributed by atoms with E-state index in [2.05, 4.69) is 9.72 Å². The van der Waals surface area contributed by atoms with Gasteiger partial charge in [0.05, 0.1) is 19.6 Å². The number of ether oxygens (including phenoxy) is 1. The van der Waals surface area contributed by atoms with Crippen molar-refractivity contribution >= 4 is 16.9 Å². The molecule has 1 aromatic heterocycles. The highest BCUT2D eigenvalue weighted by Crippen LogP contribution is 2.21. The molecule has 1 heterocycles. The van der Waals surface area contributed by atoms with E-state index in [-0.39, 0.29) is 6.42 Å². The van der Waals surface area contributed by atoms with Crippen LogP contribution in [-0.2, 0) is 9.53 Å². The van der Waals surface area contributed by atoms with Crippen molar-refractivity contribution in [3.63, 3.8) is 0 Å². The minimum absolute atomic E-state index is 0.0214. The molecule has 0 aliphatic carbocycles. The van der Waals surface area contributed by atoms with Crippen LogP contribution in [0.5, 0.6) is 0 Å². The van der Waals surface area contributed by atoms with Crippen molar-refractivity contribution < 1.29 is 14.6 Å². The largest absolute Gasteiger partial charge is 0.469 e. The fraction of sp³-hybridized carbons (Fsp3) is 0.250. The van der Waals surface area contributed by atoms with Gasteiger partial charge in [-0.3, -0.25) is 4.79 Å². The van der Waals surface area contributed by atoms with Crippen molar-refractivity contribution in [3.8, 4) is 0 Å². The number of esters is 1. The molecular formula is C12H13NO3. The SMILES string of the molecule is COC(=O)C[C@@H](O)c1ccc2[nH]ccc2c1. The first-order valence-electron chi connectivity index (χ1n) is 5.02. The lowest BCUT2D eigenvalue weighted by molar-refractivity contribution is -0.142. The Morgan fingerprint density at radius 3 is 3.06 bits per heavy atom. The molecule has 2 aromatic rings. The second kappa shape index (κ2) is 4.37. The van der Waals surface area contributed by atoms with Gasteiger partial charge in [-0.2, -0.15) is 0 Å². The number of carbonyl (C=O) groups is 1. The lowest BCUT2D eigenvalue weighted by atomic mass is 10.1. The van der Waals surface area contributed by atoms with Crippen LogP contribution in [-0.4, -0.2) is 23.2 Å². The van der Waals surface area contributed by atoms with Gasteiger partial charge in [-0.05, 0) is 29.1 Å². The van der Waals surface area contributed by atoms with Crippen LogP contribution in [0.4, 0.5) is 0 Å². The number of fused-ring (bicyclic) bond motifs is 1. The molecule has 4 heteroatoms. The fourth-order valence-corrected chi connectivity index (χ4v) is 1.64. The van der Waals surface area contributed by atoms with E-state index in [4.69, 9.17) is 0 Å². The summed E-state index contributed by atoms with van der Waals surface area (Å²) in [7, 11) is 1.31. The maximum absolute atomic E-state index is 11.0. The number of methoxy groups -OCH3 is 1. The molecule has 0 radical (unpaired) electrons. The van der Waals surface area contributed by atoms with E-state index >= 15 is 0 Å². The van der Waals surface area contributed by atoms with E-state index in [1.54, 1.807) is 6.07 Å².